The van der Waals surface area contributed by atoms with Gasteiger partial charge in [-0.05, 0) is 59.4 Å². The molecule has 0 fully saturated rings. The number of carbonyl (C=O) groups is 1. The summed E-state index contributed by atoms with van der Waals surface area (Å²) in [5.74, 6) is 1.26. The SMILES string of the molecule is CCCC(OCC(C)c1ccc(OC(=O)Oc2ccc(C(C)COC(CCC)c3ccccc3)cc2)cc1)c1ccccc1. The summed E-state index contributed by atoms with van der Waals surface area (Å²) in [6, 6.07) is 35.8. The molecule has 0 saturated carbocycles. The van der Waals surface area contributed by atoms with Crippen molar-refractivity contribution in [2.24, 2.45) is 0 Å². The Labute approximate surface area is 263 Å². The van der Waals surface area contributed by atoms with E-state index in [-0.39, 0.29) is 24.0 Å². The van der Waals surface area contributed by atoms with Crippen molar-refractivity contribution in [1.82, 2.24) is 0 Å². The van der Waals surface area contributed by atoms with E-state index in [0.29, 0.717) is 24.7 Å². The lowest BCUT2D eigenvalue weighted by Crippen LogP contribution is -2.14. The first kappa shape index (κ1) is 33.0. The molecule has 0 amide bonds. The largest absolute Gasteiger partial charge is 0.519 e. The van der Waals surface area contributed by atoms with Gasteiger partial charge in [0.25, 0.3) is 0 Å². The maximum absolute atomic E-state index is 12.5. The molecule has 0 aliphatic heterocycles. The van der Waals surface area contributed by atoms with E-state index in [1.165, 1.54) is 11.1 Å². The molecule has 0 spiro atoms. The molecule has 5 heteroatoms. The number of carbonyl (C=O) groups excluding carboxylic acids is 1. The third-order valence-corrected chi connectivity index (χ3v) is 7.84. The molecular formula is C39H46O5. The van der Waals surface area contributed by atoms with Gasteiger partial charge in [-0.15, -0.1) is 0 Å². The Morgan fingerprint density at radius 1 is 0.523 bits per heavy atom. The van der Waals surface area contributed by atoms with E-state index in [2.05, 4.69) is 76.2 Å². The number of rotatable bonds is 16. The van der Waals surface area contributed by atoms with Gasteiger partial charge < -0.3 is 18.9 Å². The van der Waals surface area contributed by atoms with Crippen molar-refractivity contribution in [3.8, 4) is 11.5 Å². The monoisotopic (exact) mass is 594 g/mol. The standard InChI is InChI=1S/C39H46O5/c1-5-13-37(33-15-9-7-10-16-33)41-27-29(3)31-19-23-35(24-20-31)43-39(40)44-36-25-21-32(22-26-36)30(4)28-42-38(14-6-2)34-17-11-8-12-18-34/h7-12,15-26,29-30,37-38H,5-6,13-14,27-28H2,1-4H3. The number of hydrogen-bond donors (Lipinski definition) is 0. The van der Waals surface area contributed by atoms with E-state index < -0.39 is 6.16 Å². The summed E-state index contributed by atoms with van der Waals surface area (Å²) in [4.78, 5) is 12.5. The highest BCUT2D eigenvalue weighted by Crippen LogP contribution is 2.28. The van der Waals surface area contributed by atoms with Gasteiger partial charge in [-0.25, -0.2) is 4.79 Å². The van der Waals surface area contributed by atoms with E-state index in [1.54, 1.807) is 24.3 Å². The molecule has 0 bridgehead atoms. The maximum atomic E-state index is 12.5. The predicted molar refractivity (Wildman–Crippen MR) is 176 cm³/mol. The summed E-state index contributed by atoms with van der Waals surface area (Å²) in [6.07, 6.45) is 3.49. The zero-order chi connectivity index (χ0) is 31.1. The molecule has 4 aromatic rings. The van der Waals surface area contributed by atoms with Crippen LogP contribution < -0.4 is 9.47 Å². The summed E-state index contributed by atoms with van der Waals surface area (Å²) in [7, 11) is 0. The highest BCUT2D eigenvalue weighted by molar-refractivity contribution is 5.67. The zero-order valence-corrected chi connectivity index (χ0v) is 26.5. The average molecular weight is 595 g/mol. The average Bonchev–Trinajstić information content (AvgIpc) is 3.06. The minimum Gasteiger partial charge on any atom is -0.395 e. The fraction of sp³-hybridized carbons (Fsp3) is 0.359. The van der Waals surface area contributed by atoms with Crippen molar-refractivity contribution in [2.45, 2.75) is 77.4 Å². The van der Waals surface area contributed by atoms with Crippen LogP contribution in [0.25, 0.3) is 0 Å². The van der Waals surface area contributed by atoms with Gasteiger partial charge in [0.1, 0.15) is 11.5 Å². The first-order valence-corrected chi connectivity index (χ1v) is 15.9. The highest BCUT2D eigenvalue weighted by Gasteiger charge is 2.16. The number of hydrogen-bond acceptors (Lipinski definition) is 5. The lowest BCUT2D eigenvalue weighted by Gasteiger charge is -2.21. The van der Waals surface area contributed by atoms with Gasteiger partial charge in [-0.1, -0.05) is 125 Å². The van der Waals surface area contributed by atoms with Crippen molar-refractivity contribution in [3.05, 3.63) is 131 Å². The second kappa shape index (κ2) is 17.4. The predicted octanol–water partition coefficient (Wildman–Crippen LogP) is 10.6. The highest BCUT2D eigenvalue weighted by atomic mass is 16.7. The molecular weight excluding hydrogens is 548 g/mol. The molecule has 4 atom stereocenters. The van der Waals surface area contributed by atoms with Crippen LogP contribution in [-0.4, -0.2) is 19.4 Å². The molecule has 0 aliphatic carbocycles. The Hall–Kier alpha value is -3.93. The topological polar surface area (TPSA) is 54.0 Å². The van der Waals surface area contributed by atoms with Crippen LogP contribution in [0.3, 0.4) is 0 Å². The van der Waals surface area contributed by atoms with Crippen LogP contribution in [0.5, 0.6) is 11.5 Å². The first-order chi connectivity index (χ1) is 21.5. The quantitative estimate of drug-likeness (QED) is 0.0954. The fourth-order valence-corrected chi connectivity index (χ4v) is 5.21. The Bertz CT molecular complexity index is 1260. The second-order valence-corrected chi connectivity index (χ2v) is 11.4. The van der Waals surface area contributed by atoms with Gasteiger partial charge in [0.15, 0.2) is 0 Å². The van der Waals surface area contributed by atoms with Gasteiger partial charge in [0.05, 0.1) is 25.4 Å². The third kappa shape index (κ3) is 10.1. The van der Waals surface area contributed by atoms with Crippen LogP contribution in [0, 0.1) is 0 Å². The smallest absolute Gasteiger partial charge is 0.395 e. The van der Waals surface area contributed by atoms with Crippen molar-refractivity contribution in [2.75, 3.05) is 13.2 Å². The summed E-state index contributed by atoms with van der Waals surface area (Å²) < 4.78 is 23.5. The van der Waals surface area contributed by atoms with E-state index in [0.717, 1.165) is 36.8 Å². The normalized spacial score (nSPS) is 13.9. The zero-order valence-electron chi connectivity index (χ0n) is 26.5. The lowest BCUT2D eigenvalue weighted by atomic mass is 10.0. The molecule has 4 unspecified atom stereocenters. The molecule has 0 aromatic heterocycles. The van der Waals surface area contributed by atoms with Crippen LogP contribution in [0.1, 0.15) is 99.7 Å². The van der Waals surface area contributed by atoms with Crippen LogP contribution in [0.15, 0.2) is 109 Å². The molecule has 4 rings (SSSR count). The molecule has 232 valence electrons. The molecule has 0 heterocycles. The summed E-state index contributed by atoms with van der Waals surface area (Å²) in [6.45, 7) is 9.84. The minimum atomic E-state index is -0.770. The molecule has 4 aromatic carbocycles. The lowest BCUT2D eigenvalue weighted by molar-refractivity contribution is 0.0385. The Morgan fingerprint density at radius 2 is 0.886 bits per heavy atom. The van der Waals surface area contributed by atoms with E-state index in [9.17, 15) is 4.79 Å². The van der Waals surface area contributed by atoms with Crippen LogP contribution in [0.2, 0.25) is 0 Å². The van der Waals surface area contributed by atoms with Gasteiger partial charge in [0.2, 0.25) is 0 Å². The van der Waals surface area contributed by atoms with Crippen molar-refractivity contribution < 1.29 is 23.7 Å². The molecule has 0 radical (unpaired) electrons. The van der Waals surface area contributed by atoms with Gasteiger partial charge in [0, 0.05) is 11.8 Å². The Balaban J connectivity index is 1.23. The molecule has 44 heavy (non-hydrogen) atoms. The van der Waals surface area contributed by atoms with E-state index >= 15 is 0 Å². The molecule has 5 nitrogen and oxygen atoms in total. The van der Waals surface area contributed by atoms with Gasteiger partial charge >= 0.3 is 6.16 Å². The minimum absolute atomic E-state index is 0.0874. The van der Waals surface area contributed by atoms with Crippen molar-refractivity contribution in [1.29, 1.82) is 0 Å². The summed E-state index contributed by atoms with van der Waals surface area (Å²) in [5.41, 5.74) is 4.66. The Kier molecular flexibility index (Phi) is 13.0. The van der Waals surface area contributed by atoms with E-state index in [1.807, 2.05) is 36.4 Å². The third-order valence-electron chi connectivity index (χ3n) is 7.84. The number of benzene rings is 4. The van der Waals surface area contributed by atoms with E-state index in [4.69, 9.17) is 18.9 Å². The summed E-state index contributed by atoms with van der Waals surface area (Å²) >= 11 is 0. The Morgan fingerprint density at radius 3 is 1.23 bits per heavy atom. The molecule has 0 aliphatic rings. The molecule has 0 N–H and O–H groups in total. The van der Waals surface area contributed by atoms with Crippen LogP contribution >= 0.6 is 0 Å². The van der Waals surface area contributed by atoms with Gasteiger partial charge in [-0.2, -0.15) is 0 Å². The first-order valence-electron chi connectivity index (χ1n) is 15.9. The van der Waals surface area contributed by atoms with Crippen LogP contribution in [-0.2, 0) is 9.47 Å². The van der Waals surface area contributed by atoms with Crippen molar-refractivity contribution in [3.63, 3.8) is 0 Å². The van der Waals surface area contributed by atoms with Gasteiger partial charge in [-0.3, -0.25) is 0 Å². The maximum Gasteiger partial charge on any atom is 0.519 e. The van der Waals surface area contributed by atoms with Crippen molar-refractivity contribution >= 4 is 6.16 Å². The summed E-state index contributed by atoms with van der Waals surface area (Å²) in [5, 5.41) is 0. The molecule has 0 saturated heterocycles. The second-order valence-electron chi connectivity index (χ2n) is 11.4. The number of ether oxygens (including phenoxy) is 4. The van der Waals surface area contributed by atoms with Crippen LogP contribution in [0.4, 0.5) is 4.79 Å². The fourth-order valence-electron chi connectivity index (χ4n) is 5.21.